The van der Waals surface area contributed by atoms with Gasteiger partial charge in [-0.2, -0.15) is 5.10 Å². The quantitative estimate of drug-likeness (QED) is 0.457. The van der Waals surface area contributed by atoms with Crippen molar-refractivity contribution < 1.29 is 14.3 Å². The molecule has 1 fully saturated rings. The molecule has 0 aliphatic carbocycles. The molecule has 3 heterocycles. The molecule has 3 aromatic rings. The third kappa shape index (κ3) is 5.92. The van der Waals surface area contributed by atoms with Crippen LogP contribution >= 0.6 is 11.8 Å². The van der Waals surface area contributed by atoms with Crippen LogP contribution in [-0.4, -0.2) is 53.1 Å². The summed E-state index contributed by atoms with van der Waals surface area (Å²) in [6.45, 7) is 11.7. The molecule has 206 valence electrons. The Hall–Kier alpha value is -3.10. The summed E-state index contributed by atoms with van der Waals surface area (Å²) in [5, 5.41) is 8.07. The molecule has 2 amide bonds. The fourth-order valence-corrected chi connectivity index (χ4v) is 6.46. The van der Waals surface area contributed by atoms with E-state index in [1.807, 2.05) is 35.9 Å². The molecule has 2 aromatic carbocycles. The van der Waals surface area contributed by atoms with Crippen LogP contribution < -0.4 is 10.2 Å². The highest BCUT2D eigenvalue weighted by Crippen LogP contribution is 2.48. The van der Waals surface area contributed by atoms with E-state index in [9.17, 15) is 9.59 Å². The number of aromatic nitrogens is 2. The van der Waals surface area contributed by atoms with E-state index in [2.05, 4.69) is 57.3 Å². The maximum Gasteiger partial charge on any atom is 0.240 e. The van der Waals surface area contributed by atoms with E-state index in [-0.39, 0.29) is 40.9 Å². The number of anilines is 1. The first kappa shape index (κ1) is 27.5. The summed E-state index contributed by atoms with van der Waals surface area (Å²) < 4.78 is 7.55. The predicted octanol–water partition coefficient (Wildman–Crippen LogP) is 5.25. The molecule has 2 aliphatic rings. The number of benzene rings is 2. The van der Waals surface area contributed by atoms with Crippen molar-refractivity contribution in [2.24, 2.45) is 0 Å². The van der Waals surface area contributed by atoms with Gasteiger partial charge < -0.3 is 10.1 Å². The molecular formula is C31H38N4O3S. The molecular weight excluding hydrogens is 508 g/mol. The smallest absolute Gasteiger partial charge is 0.240 e. The number of ether oxygens (including phenoxy) is 1. The van der Waals surface area contributed by atoms with Crippen LogP contribution in [0.2, 0.25) is 0 Å². The number of thioether (sulfide) groups is 1. The summed E-state index contributed by atoms with van der Waals surface area (Å²) in [7, 11) is 0. The first-order valence-corrected chi connectivity index (χ1v) is 14.7. The van der Waals surface area contributed by atoms with E-state index in [0.29, 0.717) is 12.4 Å². The summed E-state index contributed by atoms with van der Waals surface area (Å²) in [5.41, 5.74) is 5.94. The van der Waals surface area contributed by atoms with Gasteiger partial charge in [0.05, 0.1) is 28.5 Å². The summed E-state index contributed by atoms with van der Waals surface area (Å²) in [5.74, 6) is 0.650. The van der Waals surface area contributed by atoms with Gasteiger partial charge in [0, 0.05) is 24.1 Å². The lowest BCUT2D eigenvalue weighted by Crippen LogP contribution is -2.44. The molecule has 0 spiro atoms. The van der Waals surface area contributed by atoms with Crippen LogP contribution in [-0.2, 0) is 19.7 Å². The number of carbonyl (C=O) groups is 2. The normalized spacial score (nSPS) is 19.6. The third-order valence-corrected chi connectivity index (χ3v) is 8.53. The Labute approximate surface area is 235 Å². The van der Waals surface area contributed by atoms with Gasteiger partial charge in [0.1, 0.15) is 12.4 Å². The number of nitrogens with zero attached hydrogens (tertiary/aromatic N) is 3. The van der Waals surface area contributed by atoms with Gasteiger partial charge in [0.15, 0.2) is 0 Å². The van der Waals surface area contributed by atoms with E-state index in [4.69, 9.17) is 9.84 Å². The Kier molecular flexibility index (Phi) is 7.87. The highest BCUT2D eigenvalue weighted by molar-refractivity contribution is 8.00. The molecule has 0 bridgehead atoms. The van der Waals surface area contributed by atoms with E-state index in [0.717, 1.165) is 47.5 Å². The standard InChI is InChI=1S/C31H38N4O3S/c1-20-11-13-23(14-12-20)35-30-27(29(33-35)31(3,4)5)28(22-9-6-8-21(2)16-22)39-19-26(37)34(30)18-25(36)32-17-24-10-7-15-38-24/h6,8-9,11-14,16,24,28H,7,10,15,17-19H2,1-5H3,(H,32,36). The minimum Gasteiger partial charge on any atom is -0.376 e. The van der Waals surface area contributed by atoms with Gasteiger partial charge in [0.25, 0.3) is 0 Å². The maximum atomic E-state index is 13.8. The van der Waals surface area contributed by atoms with E-state index in [1.165, 1.54) is 5.56 Å². The second kappa shape index (κ2) is 11.2. The first-order chi connectivity index (χ1) is 18.6. The van der Waals surface area contributed by atoms with Crippen molar-refractivity contribution in [1.29, 1.82) is 0 Å². The van der Waals surface area contributed by atoms with Crippen LogP contribution in [0.5, 0.6) is 0 Å². The van der Waals surface area contributed by atoms with Gasteiger partial charge in [-0.15, -0.1) is 11.8 Å². The van der Waals surface area contributed by atoms with Crippen LogP contribution in [0.25, 0.3) is 5.69 Å². The average molecular weight is 547 g/mol. The minimum absolute atomic E-state index is 0.0381. The Balaban J connectivity index is 1.65. The summed E-state index contributed by atoms with van der Waals surface area (Å²) in [4.78, 5) is 28.6. The molecule has 1 aromatic heterocycles. The van der Waals surface area contributed by atoms with Gasteiger partial charge in [-0.05, 0) is 44.4 Å². The van der Waals surface area contributed by atoms with E-state index < -0.39 is 0 Å². The monoisotopic (exact) mass is 546 g/mol. The van der Waals surface area contributed by atoms with Crippen molar-refractivity contribution in [3.8, 4) is 5.69 Å². The minimum atomic E-state index is -0.288. The van der Waals surface area contributed by atoms with Gasteiger partial charge in [-0.3, -0.25) is 14.5 Å². The lowest BCUT2D eigenvalue weighted by Gasteiger charge is -2.25. The van der Waals surface area contributed by atoms with Crippen LogP contribution in [0, 0.1) is 13.8 Å². The third-order valence-electron chi connectivity index (χ3n) is 7.28. The Morgan fingerprint density at radius 3 is 2.56 bits per heavy atom. The van der Waals surface area contributed by atoms with Crippen molar-refractivity contribution in [1.82, 2.24) is 15.1 Å². The van der Waals surface area contributed by atoms with Crippen molar-refractivity contribution in [3.05, 3.63) is 76.5 Å². The van der Waals surface area contributed by atoms with Gasteiger partial charge in [-0.25, -0.2) is 4.68 Å². The zero-order valence-electron chi connectivity index (χ0n) is 23.5. The predicted molar refractivity (Wildman–Crippen MR) is 157 cm³/mol. The van der Waals surface area contributed by atoms with Gasteiger partial charge in [0.2, 0.25) is 11.8 Å². The molecule has 7 nitrogen and oxygen atoms in total. The van der Waals surface area contributed by atoms with Crippen molar-refractivity contribution in [2.75, 3.05) is 30.3 Å². The molecule has 8 heteroatoms. The number of rotatable bonds is 6. The molecule has 1 N–H and O–H groups in total. The Bertz CT molecular complexity index is 1350. The highest BCUT2D eigenvalue weighted by atomic mass is 32.2. The van der Waals surface area contributed by atoms with Crippen molar-refractivity contribution in [2.45, 2.75) is 64.2 Å². The van der Waals surface area contributed by atoms with Crippen LogP contribution in [0.3, 0.4) is 0 Å². The molecule has 1 saturated heterocycles. The van der Waals surface area contributed by atoms with Gasteiger partial charge in [-0.1, -0.05) is 68.3 Å². The number of hydrogen-bond donors (Lipinski definition) is 1. The molecule has 5 rings (SSSR count). The van der Waals surface area contributed by atoms with Gasteiger partial charge >= 0.3 is 0 Å². The van der Waals surface area contributed by atoms with E-state index >= 15 is 0 Å². The number of carbonyl (C=O) groups excluding carboxylic acids is 2. The second-order valence-corrected chi connectivity index (χ2v) is 12.7. The summed E-state index contributed by atoms with van der Waals surface area (Å²) >= 11 is 1.61. The summed E-state index contributed by atoms with van der Waals surface area (Å²) in [6.07, 6.45) is 1.99. The molecule has 0 radical (unpaired) electrons. The van der Waals surface area contributed by atoms with Crippen LogP contribution in [0.4, 0.5) is 5.82 Å². The zero-order valence-corrected chi connectivity index (χ0v) is 24.3. The first-order valence-electron chi connectivity index (χ1n) is 13.7. The zero-order chi connectivity index (χ0) is 27.7. The molecule has 2 atom stereocenters. The second-order valence-electron chi connectivity index (χ2n) is 11.6. The fourth-order valence-electron chi connectivity index (χ4n) is 5.27. The largest absolute Gasteiger partial charge is 0.376 e. The Morgan fingerprint density at radius 2 is 1.90 bits per heavy atom. The average Bonchev–Trinajstić information content (AvgIpc) is 3.52. The Morgan fingerprint density at radius 1 is 1.13 bits per heavy atom. The maximum absolute atomic E-state index is 13.8. The SMILES string of the molecule is Cc1ccc(-n2nc(C(C)(C)C)c3c2N(CC(=O)NCC2CCCO2)C(=O)CSC3c2cccc(C)c2)cc1. The van der Waals surface area contributed by atoms with Crippen molar-refractivity contribution in [3.63, 3.8) is 0 Å². The lowest BCUT2D eigenvalue weighted by atomic mass is 9.87. The van der Waals surface area contributed by atoms with Crippen LogP contribution in [0.15, 0.2) is 48.5 Å². The van der Waals surface area contributed by atoms with Crippen molar-refractivity contribution >= 4 is 29.4 Å². The molecule has 2 aliphatic heterocycles. The topological polar surface area (TPSA) is 76.5 Å². The highest BCUT2D eigenvalue weighted by Gasteiger charge is 2.40. The molecule has 2 unspecified atom stereocenters. The van der Waals surface area contributed by atoms with Crippen LogP contribution in [0.1, 0.15) is 66.8 Å². The fraction of sp³-hybridized carbons (Fsp3) is 0.452. The van der Waals surface area contributed by atoms with E-state index in [1.54, 1.807) is 16.7 Å². The number of fused-ring (bicyclic) bond motifs is 1. The number of aryl methyl sites for hydroxylation is 2. The molecule has 0 saturated carbocycles. The number of nitrogens with one attached hydrogen (secondary N) is 1. The lowest BCUT2D eigenvalue weighted by molar-refractivity contribution is -0.123. The molecule has 39 heavy (non-hydrogen) atoms. The summed E-state index contributed by atoms with van der Waals surface area (Å²) in [6, 6.07) is 16.6. The number of hydrogen-bond acceptors (Lipinski definition) is 5. The number of amides is 2.